The molecule has 27 heavy (non-hydrogen) atoms. The number of fused-ring (bicyclic) bond motifs is 1. The SMILES string of the molecule is Cc1cccc(F)c1C(=O)NC[C@H]1[C@H]2CN(c3nccs3)C[C@]23CC[C@H]1O3. The Morgan fingerprint density at radius 2 is 2.41 bits per heavy atom. The van der Waals surface area contributed by atoms with Crippen molar-refractivity contribution < 1.29 is 13.9 Å². The Morgan fingerprint density at radius 3 is 3.19 bits per heavy atom. The molecular weight excluding hydrogens is 365 g/mol. The van der Waals surface area contributed by atoms with E-state index in [1.54, 1.807) is 30.4 Å². The smallest absolute Gasteiger partial charge is 0.254 e. The maximum Gasteiger partial charge on any atom is 0.254 e. The molecule has 2 bridgehead atoms. The number of hydrogen-bond donors (Lipinski definition) is 1. The van der Waals surface area contributed by atoms with Crippen molar-refractivity contribution in [2.24, 2.45) is 11.8 Å². The fourth-order valence-electron chi connectivity index (χ4n) is 5.20. The van der Waals surface area contributed by atoms with Gasteiger partial charge in [0.05, 0.1) is 17.3 Å². The van der Waals surface area contributed by atoms with Gasteiger partial charge in [-0.3, -0.25) is 4.79 Å². The Morgan fingerprint density at radius 1 is 1.52 bits per heavy atom. The summed E-state index contributed by atoms with van der Waals surface area (Å²) in [6, 6.07) is 4.72. The van der Waals surface area contributed by atoms with Crippen LogP contribution in [-0.4, -0.2) is 42.2 Å². The third-order valence-corrected chi connectivity index (χ3v) is 7.25. The molecule has 0 saturated carbocycles. The molecule has 1 aromatic heterocycles. The van der Waals surface area contributed by atoms with Gasteiger partial charge in [0.15, 0.2) is 5.13 Å². The zero-order chi connectivity index (χ0) is 18.6. The van der Waals surface area contributed by atoms with Crippen LogP contribution in [0.4, 0.5) is 9.52 Å². The number of nitrogens with zero attached hydrogens (tertiary/aromatic N) is 2. The molecule has 0 aliphatic carbocycles. The number of thiazole rings is 1. The van der Waals surface area contributed by atoms with E-state index < -0.39 is 5.82 Å². The Kier molecular flexibility index (Phi) is 3.98. The minimum absolute atomic E-state index is 0.111. The highest BCUT2D eigenvalue weighted by molar-refractivity contribution is 7.13. The fraction of sp³-hybridized carbons (Fsp3) is 0.500. The third-order valence-electron chi connectivity index (χ3n) is 6.42. The molecule has 1 spiro atoms. The van der Waals surface area contributed by atoms with Gasteiger partial charge in [-0.2, -0.15) is 0 Å². The van der Waals surface area contributed by atoms with Gasteiger partial charge in [-0.05, 0) is 31.4 Å². The number of aromatic nitrogens is 1. The summed E-state index contributed by atoms with van der Waals surface area (Å²) < 4.78 is 20.5. The molecule has 7 heteroatoms. The van der Waals surface area contributed by atoms with Crippen LogP contribution >= 0.6 is 11.3 Å². The Hall–Kier alpha value is -1.99. The maximum atomic E-state index is 14.1. The first kappa shape index (κ1) is 17.1. The maximum absolute atomic E-state index is 14.1. The van der Waals surface area contributed by atoms with Crippen LogP contribution in [0.5, 0.6) is 0 Å². The van der Waals surface area contributed by atoms with E-state index in [1.165, 1.54) is 6.07 Å². The number of rotatable bonds is 4. The summed E-state index contributed by atoms with van der Waals surface area (Å²) in [6.07, 6.45) is 4.12. The zero-order valence-corrected chi connectivity index (χ0v) is 16.0. The average molecular weight is 387 g/mol. The summed E-state index contributed by atoms with van der Waals surface area (Å²) in [5.41, 5.74) is 0.690. The molecule has 2 aromatic rings. The predicted octanol–water partition coefficient (Wildman–Crippen LogP) is 3.00. The Bertz CT molecular complexity index is 854. The topological polar surface area (TPSA) is 54.5 Å². The molecule has 1 N–H and O–H groups in total. The second-order valence-corrected chi connectivity index (χ2v) is 8.74. The predicted molar refractivity (Wildman–Crippen MR) is 102 cm³/mol. The standard InChI is InChI=1S/C20H22FN3O2S/c1-12-3-2-4-15(21)17(12)18(25)23-9-13-14-10-24(19-22-7-8-27-19)11-20(14)6-5-16(13)26-20/h2-4,7-8,13-14,16H,5-6,9-11H2,1H3,(H,23,25)/t13-,14+,16+,20+/m0/s1. The van der Waals surface area contributed by atoms with Crippen LogP contribution < -0.4 is 10.2 Å². The van der Waals surface area contributed by atoms with Gasteiger partial charge < -0.3 is 15.0 Å². The van der Waals surface area contributed by atoms with Crippen LogP contribution in [0.25, 0.3) is 0 Å². The molecule has 1 amide bonds. The largest absolute Gasteiger partial charge is 0.369 e. The van der Waals surface area contributed by atoms with Gasteiger partial charge in [-0.25, -0.2) is 9.37 Å². The Balaban J connectivity index is 1.31. The number of anilines is 1. The molecule has 142 valence electrons. The van der Waals surface area contributed by atoms with Gasteiger partial charge >= 0.3 is 0 Å². The summed E-state index contributed by atoms with van der Waals surface area (Å²) in [4.78, 5) is 19.3. The van der Waals surface area contributed by atoms with E-state index in [2.05, 4.69) is 15.2 Å². The lowest BCUT2D eigenvalue weighted by Gasteiger charge is -2.29. The lowest BCUT2D eigenvalue weighted by Crippen LogP contribution is -2.42. The van der Waals surface area contributed by atoms with Gasteiger partial charge in [0, 0.05) is 43.0 Å². The number of aryl methyl sites for hydroxylation is 1. The minimum Gasteiger partial charge on any atom is -0.369 e. The summed E-state index contributed by atoms with van der Waals surface area (Å²) in [6.45, 7) is 4.06. The Labute approximate surface area is 161 Å². The fourth-order valence-corrected chi connectivity index (χ4v) is 5.85. The van der Waals surface area contributed by atoms with Gasteiger partial charge in [0.25, 0.3) is 5.91 Å². The molecule has 0 radical (unpaired) electrons. The van der Waals surface area contributed by atoms with Crippen molar-refractivity contribution in [3.8, 4) is 0 Å². The summed E-state index contributed by atoms with van der Waals surface area (Å²) in [7, 11) is 0. The number of carbonyl (C=O) groups excluding carboxylic acids is 1. The molecule has 3 aliphatic heterocycles. The molecule has 4 heterocycles. The van der Waals surface area contributed by atoms with Crippen LogP contribution in [0.2, 0.25) is 0 Å². The van der Waals surface area contributed by atoms with Crippen molar-refractivity contribution in [2.45, 2.75) is 31.5 Å². The average Bonchev–Trinajstić information content (AvgIpc) is 3.39. The van der Waals surface area contributed by atoms with Gasteiger partial charge in [0.2, 0.25) is 0 Å². The molecule has 3 aliphatic rings. The molecule has 3 fully saturated rings. The highest BCUT2D eigenvalue weighted by Crippen LogP contribution is 2.55. The van der Waals surface area contributed by atoms with E-state index in [0.717, 1.165) is 31.1 Å². The normalized spacial score (nSPS) is 31.3. The van der Waals surface area contributed by atoms with E-state index in [1.807, 2.05) is 11.6 Å². The summed E-state index contributed by atoms with van der Waals surface area (Å²) in [5, 5.41) is 6.01. The first-order chi connectivity index (χ1) is 13.1. The monoisotopic (exact) mass is 387 g/mol. The number of hydrogen-bond acceptors (Lipinski definition) is 5. The van der Waals surface area contributed by atoms with E-state index in [4.69, 9.17) is 4.74 Å². The van der Waals surface area contributed by atoms with E-state index >= 15 is 0 Å². The molecule has 3 saturated heterocycles. The van der Waals surface area contributed by atoms with Crippen molar-refractivity contribution in [1.82, 2.24) is 10.3 Å². The number of halogens is 1. The minimum atomic E-state index is -0.469. The highest BCUT2D eigenvalue weighted by Gasteiger charge is 2.63. The van der Waals surface area contributed by atoms with Gasteiger partial charge in [-0.1, -0.05) is 12.1 Å². The van der Waals surface area contributed by atoms with Crippen molar-refractivity contribution in [2.75, 3.05) is 24.5 Å². The second kappa shape index (κ2) is 6.27. The first-order valence-corrected chi connectivity index (χ1v) is 10.3. The lowest BCUT2D eigenvalue weighted by molar-refractivity contribution is 0.0141. The summed E-state index contributed by atoms with van der Waals surface area (Å²) in [5.74, 6) is -0.164. The third kappa shape index (κ3) is 2.67. The van der Waals surface area contributed by atoms with E-state index in [0.29, 0.717) is 18.0 Å². The van der Waals surface area contributed by atoms with Crippen LogP contribution in [0.1, 0.15) is 28.8 Å². The van der Waals surface area contributed by atoms with Crippen molar-refractivity contribution in [3.05, 3.63) is 46.7 Å². The van der Waals surface area contributed by atoms with Gasteiger partial charge in [-0.15, -0.1) is 11.3 Å². The van der Waals surface area contributed by atoms with Crippen molar-refractivity contribution in [3.63, 3.8) is 0 Å². The number of carbonyl (C=O) groups is 1. The highest BCUT2D eigenvalue weighted by atomic mass is 32.1. The van der Waals surface area contributed by atoms with Crippen LogP contribution in [-0.2, 0) is 4.74 Å². The van der Waals surface area contributed by atoms with Crippen LogP contribution in [0.15, 0.2) is 29.8 Å². The van der Waals surface area contributed by atoms with E-state index in [-0.39, 0.29) is 29.1 Å². The number of amides is 1. The van der Waals surface area contributed by atoms with Crippen molar-refractivity contribution >= 4 is 22.4 Å². The lowest BCUT2D eigenvalue weighted by atomic mass is 9.73. The molecule has 1 aromatic carbocycles. The van der Waals surface area contributed by atoms with Crippen molar-refractivity contribution in [1.29, 1.82) is 0 Å². The number of nitrogens with one attached hydrogen (secondary N) is 1. The van der Waals surface area contributed by atoms with Crippen LogP contribution in [0.3, 0.4) is 0 Å². The van der Waals surface area contributed by atoms with E-state index in [9.17, 15) is 9.18 Å². The first-order valence-electron chi connectivity index (χ1n) is 9.43. The zero-order valence-electron chi connectivity index (χ0n) is 15.2. The summed E-state index contributed by atoms with van der Waals surface area (Å²) >= 11 is 1.65. The number of ether oxygens (including phenoxy) is 1. The van der Waals surface area contributed by atoms with Crippen LogP contribution in [0, 0.1) is 24.6 Å². The molecular formula is C20H22FN3O2S. The second-order valence-electron chi connectivity index (χ2n) is 7.87. The van der Waals surface area contributed by atoms with Gasteiger partial charge in [0.1, 0.15) is 5.82 Å². The molecule has 4 atom stereocenters. The number of benzene rings is 1. The quantitative estimate of drug-likeness (QED) is 0.876. The molecule has 0 unspecified atom stereocenters. The molecule has 5 rings (SSSR count). The molecule has 5 nitrogen and oxygen atoms in total.